The normalized spacial score (nSPS) is 12.7. The monoisotopic (exact) mass is 840 g/mol. The summed E-state index contributed by atoms with van der Waals surface area (Å²) in [6.45, 7) is 11.1. The summed E-state index contributed by atoms with van der Waals surface area (Å²) in [5.74, 6) is -0.934. The molecule has 0 atom stereocenters. The predicted molar refractivity (Wildman–Crippen MR) is 239 cm³/mol. The van der Waals surface area contributed by atoms with Crippen LogP contribution in [0.4, 0.5) is 16.2 Å². The average Bonchev–Trinajstić information content (AvgIpc) is 3.99. The first-order valence-corrected chi connectivity index (χ1v) is 20.5. The summed E-state index contributed by atoms with van der Waals surface area (Å²) in [5.41, 5.74) is 8.09. The third kappa shape index (κ3) is 11.3. The van der Waals surface area contributed by atoms with E-state index >= 15 is 0 Å². The smallest absolute Gasteiger partial charge is 0.330 e. The van der Waals surface area contributed by atoms with E-state index in [1.54, 1.807) is 55.9 Å². The summed E-state index contributed by atoms with van der Waals surface area (Å²) in [4.78, 5) is 72.5. The van der Waals surface area contributed by atoms with Crippen molar-refractivity contribution >= 4 is 52.6 Å². The zero-order chi connectivity index (χ0) is 44.2. The average molecular weight is 841 g/mol. The number of carbonyl (C=O) groups excluding carboxylic acids is 5. The fourth-order valence-corrected chi connectivity index (χ4v) is 7.17. The fourth-order valence-electron chi connectivity index (χ4n) is 7.17. The number of ketones is 1. The molecule has 5 N–H and O–H groups in total. The second kappa shape index (κ2) is 20.8. The highest BCUT2D eigenvalue weighted by Gasteiger charge is 2.26. The van der Waals surface area contributed by atoms with Crippen LogP contribution in [0.1, 0.15) is 57.8 Å². The molecule has 5 aromatic rings. The first kappa shape index (κ1) is 44.3. The van der Waals surface area contributed by atoms with E-state index in [0.717, 1.165) is 54.0 Å². The van der Waals surface area contributed by atoms with Gasteiger partial charge in [-0.05, 0) is 97.7 Å². The third-order valence-corrected chi connectivity index (χ3v) is 10.6. The number of carbonyl (C=O) groups is 5. The summed E-state index contributed by atoms with van der Waals surface area (Å²) < 4.78 is 10.8. The van der Waals surface area contributed by atoms with E-state index in [1.165, 1.54) is 4.90 Å². The van der Waals surface area contributed by atoms with Crippen molar-refractivity contribution in [1.29, 1.82) is 0 Å². The van der Waals surface area contributed by atoms with Crippen molar-refractivity contribution in [2.24, 2.45) is 0 Å². The molecule has 0 bridgehead atoms. The highest BCUT2D eigenvalue weighted by atomic mass is 16.5. The van der Waals surface area contributed by atoms with E-state index in [9.17, 15) is 24.0 Å². The van der Waals surface area contributed by atoms with Crippen LogP contribution in [0, 0.1) is 13.8 Å². The molecule has 0 unspecified atom stereocenters. The lowest BCUT2D eigenvalue weighted by atomic mass is 9.99. The topological polar surface area (TPSA) is 191 Å². The molecule has 6 rings (SSSR count). The number of hydrogen-bond acceptors (Lipinski definition) is 9. The number of fused-ring (bicyclic) bond motifs is 1. The second-order valence-electron chi connectivity index (χ2n) is 14.8. The van der Waals surface area contributed by atoms with E-state index in [2.05, 4.69) is 49.9 Å². The Labute approximate surface area is 360 Å². The number of likely N-dealkylation sites (N-methyl/N-ethyl adjacent to an activating group) is 1. The molecule has 0 fully saturated rings. The number of allylic oxidation sites excluding steroid dienone is 1. The lowest BCUT2D eigenvalue weighted by Gasteiger charge is -2.23. The molecule has 2 aromatic heterocycles. The number of aryl methyl sites for hydroxylation is 1. The van der Waals surface area contributed by atoms with Crippen molar-refractivity contribution < 1.29 is 33.4 Å². The molecule has 0 saturated heterocycles. The van der Waals surface area contributed by atoms with Crippen LogP contribution in [0.5, 0.6) is 5.75 Å². The molecule has 1 aliphatic heterocycles. The summed E-state index contributed by atoms with van der Waals surface area (Å²) in [7, 11) is 1.56. The van der Waals surface area contributed by atoms with Gasteiger partial charge in [-0.25, -0.2) is 9.59 Å². The Morgan fingerprint density at radius 2 is 1.69 bits per heavy atom. The maximum absolute atomic E-state index is 13.5. The molecular formula is C47H52N8O7. The number of H-pyrrole nitrogens is 2. The largest absolute Gasteiger partial charge is 0.497 e. The van der Waals surface area contributed by atoms with Crippen molar-refractivity contribution in [2.45, 2.75) is 40.7 Å². The number of hydrogen-bond donors (Lipinski definition) is 5. The van der Waals surface area contributed by atoms with Gasteiger partial charge in [0.05, 0.1) is 31.0 Å². The minimum atomic E-state index is -0.738. The quantitative estimate of drug-likeness (QED) is 0.0454. The van der Waals surface area contributed by atoms with Crippen LogP contribution in [-0.2, 0) is 32.1 Å². The zero-order valence-corrected chi connectivity index (χ0v) is 35.6. The molecule has 4 amide bonds. The van der Waals surface area contributed by atoms with Gasteiger partial charge >= 0.3 is 12.0 Å². The molecule has 322 valence electrons. The Morgan fingerprint density at radius 3 is 2.42 bits per heavy atom. The van der Waals surface area contributed by atoms with Gasteiger partial charge in [0.25, 0.3) is 11.8 Å². The second-order valence-corrected chi connectivity index (χ2v) is 14.8. The summed E-state index contributed by atoms with van der Waals surface area (Å²) in [6.07, 6.45) is 7.40. The van der Waals surface area contributed by atoms with Crippen molar-refractivity contribution in [3.05, 3.63) is 130 Å². The molecule has 3 heterocycles. The Kier molecular flexibility index (Phi) is 14.9. The molecular weight excluding hydrogens is 789 g/mol. The molecule has 15 heteroatoms. The van der Waals surface area contributed by atoms with Crippen molar-refractivity contribution in [1.82, 2.24) is 30.3 Å². The van der Waals surface area contributed by atoms with Crippen LogP contribution in [0.3, 0.4) is 0 Å². The van der Waals surface area contributed by atoms with E-state index in [0.29, 0.717) is 57.3 Å². The number of aromatic amines is 2. The number of rotatable bonds is 19. The van der Waals surface area contributed by atoms with Crippen molar-refractivity contribution in [3.8, 4) is 16.9 Å². The van der Waals surface area contributed by atoms with Gasteiger partial charge in [-0.15, -0.1) is 0 Å². The highest BCUT2D eigenvalue weighted by Crippen LogP contribution is 2.35. The van der Waals surface area contributed by atoms with Gasteiger partial charge < -0.3 is 40.2 Å². The first-order chi connectivity index (χ1) is 30.0. The number of methoxy groups -OCH3 is 1. The summed E-state index contributed by atoms with van der Waals surface area (Å²) in [6, 6.07) is 19.5. The number of benzene rings is 3. The van der Waals surface area contributed by atoms with Crippen LogP contribution in [-0.4, -0.2) is 101 Å². The van der Waals surface area contributed by atoms with E-state index < -0.39 is 12.0 Å². The van der Waals surface area contributed by atoms with Crippen LogP contribution in [0.25, 0.3) is 22.8 Å². The Morgan fingerprint density at radius 1 is 0.903 bits per heavy atom. The van der Waals surface area contributed by atoms with Gasteiger partial charge in [0, 0.05) is 72.2 Å². The minimum absolute atomic E-state index is 0.0332. The zero-order valence-electron chi connectivity index (χ0n) is 35.6. The number of ether oxygens (including phenoxy) is 2. The maximum atomic E-state index is 13.5. The van der Waals surface area contributed by atoms with Crippen molar-refractivity contribution in [3.63, 3.8) is 0 Å². The fraction of sp³-hybridized carbons (Fsp3) is 0.277. The Hall–Kier alpha value is -7.26. The van der Waals surface area contributed by atoms with Gasteiger partial charge in [-0.2, -0.15) is 5.10 Å². The molecule has 0 saturated carbocycles. The van der Waals surface area contributed by atoms with Gasteiger partial charge in [0.2, 0.25) is 0 Å². The van der Waals surface area contributed by atoms with Gasteiger partial charge in [-0.1, -0.05) is 44.2 Å². The van der Waals surface area contributed by atoms with Crippen molar-refractivity contribution in [2.75, 3.05) is 57.1 Å². The third-order valence-electron chi connectivity index (χ3n) is 10.6. The Bertz CT molecular complexity index is 2470. The SMILES string of the molecule is CCN(CC)CCNC(=O)c1c(C)[nH]c(/C=C2\C(=O)Nc3ccc(CC(=O)/C=C/C(=O)OCCN(Cc4cccc(OC)c4)C(=O)Nc4ccc(-c5cn[nH]c5)cc4)cc32)c1C. The molecule has 62 heavy (non-hydrogen) atoms. The molecule has 3 aromatic carbocycles. The lowest BCUT2D eigenvalue weighted by molar-refractivity contribution is -0.138. The summed E-state index contributed by atoms with van der Waals surface area (Å²) >= 11 is 0. The van der Waals surface area contributed by atoms with E-state index in [-0.39, 0.29) is 43.7 Å². The number of nitrogens with zero attached hydrogens (tertiary/aromatic N) is 3. The molecule has 0 aliphatic carbocycles. The minimum Gasteiger partial charge on any atom is -0.497 e. The molecule has 0 spiro atoms. The molecule has 15 nitrogen and oxygen atoms in total. The number of anilines is 2. The number of esters is 1. The number of amides is 4. The maximum Gasteiger partial charge on any atom is 0.330 e. The first-order valence-electron chi connectivity index (χ1n) is 20.5. The van der Waals surface area contributed by atoms with Crippen LogP contribution >= 0.6 is 0 Å². The highest BCUT2D eigenvalue weighted by molar-refractivity contribution is 6.35. The number of urea groups is 1. The Balaban J connectivity index is 1.05. The lowest BCUT2D eigenvalue weighted by Crippen LogP contribution is -2.37. The van der Waals surface area contributed by atoms with Crippen LogP contribution in [0.15, 0.2) is 91.3 Å². The van der Waals surface area contributed by atoms with Gasteiger partial charge in [0.15, 0.2) is 5.78 Å². The number of aromatic nitrogens is 3. The van der Waals surface area contributed by atoms with Gasteiger partial charge in [-0.3, -0.25) is 19.5 Å². The standard InChI is InChI=1S/C47H52N8O7/c1-6-54(7-2)20-19-48-46(59)44-30(3)42(51-31(44)4)26-40-39-25-32(11-17-41(39)53-45(40)58)23-37(56)16-18-43(57)62-22-21-55(29-33-9-8-10-38(24-33)61-5)47(60)52-36-14-12-34(13-15-36)35-27-49-50-28-35/h8-18,24-28,51H,6-7,19-23,29H2,1-5H3,(H,48,59)(H,49,50)(H,52,60)(H,53,58)/b18-16+,40-26-. The van der Waals surface area contributed by atoms with Gasteiger partial charge in [0.1, 0.15) is 12.4 Å². The molecule has 1 aliphatic rings. The van der Waals surface area contributed by atoms with Crippen LogP contribution < -0.4 is 20.7 Å². The van der Waals surface area contributed by atoms with E-state index in [4.69, 9.17) is 9.47 Å². The molecule has 0 radical (unpaired) electrons. The summed E-state index contributed by atoms with van der Waals surface area (Å²) in [5, 5.41) is 15.5. The van der Waals surface area contributed by atoms with Crippen LogP contribution in [0.2, 0.25) is 0 Å². The van der Waals surface area contributed by atoms with E-state index in [1.807, 2.05) is 50.2 Å². The predicted octanol–water partition coefficient (Wildman–Crippen LogP) is 6.54. The number of nitrogens with one attached hydrogen (secondary N) is 5.